The number of rotatable bonds is 7. The van der Waals surface area contributed by atoms with Crippen molar-refractivity contribution < 1.29 is 5.11 Å². The molecule has 1 aromatic carbocycles. The van der Waals surface area contributed by atoms with Gasteiger partial charge in [0, 0.05) is 31.4 Å². The molecule has 0 spiro atoms. The van der Waals surface area contributed by atoms with Crippen molar-refractivity contribution in [2.45, 2.75) is 51.7 Å². The smallest absolute Gasteiger partial charge is 0.0574 e. The molecule has 2 unspecified atom stereocenters. The van der Waals surface area contributed by atoms with E-state index < -0.39 is 0 Å². The lowest BCUT2D eigenvalue weighted by molar-refractivity contribution is 0.145. The zero-order chi connectivity index (χ0) is 17.6. The average molecular weight is 346 g/mol. The number of nitrogens with zero attached hydrogens (tertiary/aromatic N) is 2. The maximum absolute atomic E-state index is 9.65. The van der Waals surface area contributed by atoms with Crippen LogP contribution >= 0.6 is 0 Å². The Morgan fingerprint density at radius 1 is 1.04 bits per heavy atom. The maximum atomic E-state index is 9.65. The largest absolute Gasteiger partial charge is 0.393 e. The third-order valence-electron chi connectivity index (χ3n) is 5.76. The molecule has 4 nitrogen and oxygen atoms in total. The van der Waals surface area contributed by atoms with Crippen molar-refractivity contribution in [3.8, 4) is 0 Å². The number of hydrogen-bond donors (Lipinski definition) is 2. The fraction of sp³-hybridized carbons (Fsp3) is 0.714. The molecule has 2 aliphatic rings. The van der Waals surface area contributed by atoms with E-state index in [-0.39, 0.29) is 6.10 Å². The Kier molecular flexibility index (Phi) is 6.74. The zero-order valence-electron chi connectivity index (χ0n) is 16.0. The van der Waals surface area contributed by atoms with E-state index in [1.165, 1.54) is 43.7 Å². The first-order valence-corrected chi connectivity index (χ1v) is 10.1. The van der Waals surface area contributed by atoms with Gasteiger partial charge in [-0.3, -0.25) is 0 Å². The van der Waals surface area contributed by atoms with Crippen molar-refractivity contribution in [2.75, 3.05) is 44.2 Å². The van der Waals surface area contributed by atoms with Crippen LogP contribution in [-0.4, -0.2) is 55.4 Å². The second-order valence-electron chi connectivity index (χ2n) is 8.05. The summed E-state index contributed by atoms with van der Waals surface area (Å²) in [5, 5.41) is 13.4. The van der Waals surface area contributed by atoms with E-state index in [2.05, 4.69) is 53.2 Å². The average Bonchev–Trinajstić information content (AvgIpc) is 3.13. The first-order valence-electron chi connectivity index (χ1n) is 10.1. The number of anilines is 1. The summed E-state index contributed by atoms with van der Waals surface area (Å²) < 4.78 is 0. The van der Waals surface area contributed by atoms with E-state index in [0.717, 1.165) is 32.5 Å². The van der Waals surface area contributed by atoms with Gasteiger partial charge in [-0.05, 0) is 75.9 Å². The highest BCUT2D eigenvalue weighted by Crippen LogP contribution is 2.22. The van der Waals surface area contributed by atoms with E-state index in [0.29, 0.717) is 12.0 Å². The number of hydrogen-bond acceptors (Lipinski definition) is 4. The molecule has 0 aromatic heterocycles. The van der Waals surface area contributed by atoms with Crippen molar-refractivity contribution in [2.24, 2.45) is 5.92 Å². The van der Waals surface area contributed by atoms with Crippen molar-refractivity contribution >= 4 is 5.69 Å². The van der Waals surface area contributed by atoms with Gasteiger partial charge in [0.25, 0.3) is 0 Å². The molecule has 2 heterocycles. The molecule has 1 aromatic rings. The van der Waals surface area contributed by atoms with Gasteiger partial charge in [0.1, 0.15) is 0 Å². The normalized spacial score (nSPS) is 22.3. The molecular weight excluding hydrogens is 310 g/mol. The van der Waals surface area contributed by atoms with Crippen LogP contribution in [0.25, 0.3) is 0 Å². The molecule has 0 aliphatic carbocycles. The lowest BCUT2D eigenvalue weighted by Gasteiger charge is -2.31. The minimum atomic E-state index is -0.109. The van der Waals surface area contributed by atoms with Crippen LogP contribution in [0.4, 0.5) is 5.69 Å². The van der Waals surface area contributed by atoms with Gasteiger partial charge < -0.3 is 20.2 Å². The molecule has 2 saturated heterocycles. The van der Waals surface area contributed by atoms with Crippen LogP contribution in [0.2, 0.25) is 0 Å². The summed E-state index contributed by atoms with van der Waals surface area (Å²) in [4.78, 5) is 4.98. The van der Waals surface area contributed by atoms with Crippen molar-refractivity contribution in [1.29, 1.82) is 0 Å². The highest BCUT2D eigenvalue weighted by atomic mass is 16.3. The quantitative estimate of drug-likeness (QED) is 0.797. The number of nitrogens with one attached hydrogen (secondary N) is 1. The van der Waals surface area contributed by atoms with Crippen LogP contribution in [0.15, 0.2) is 24.3 Å². The maximum Gasteiger partial charge on any atom is 0.0574 e. The highest BCUT2D eigenvalue weighted by Gasteiger charge is 2.18. The molecule has 2 atom stereocenters. The van der Waals surface area contributed by atoms with Gasteiger partial charge in [-0.1, -0.05) is 19.1 Å². The monoisotopic (exact) mass is 345 g/mol. The number of aliphatic hydroxyl groups excluding tert-OH is 1. The Balaban J connectivity index is 1.44. The van der Waals surface area contributed by atoms with E-state index in [4.69, 9.17) is 0 Å². The van der Waals surface area contributed by atoms with Gasteiger partial charge in [0.05, 0.1) is 6.10 Å². The first-order chi connectivity index (χ1) is 12.1. The second kappa shape index (κ2) is 9.02. The number of aliphatic hydroxyl groups is 1. The SMILES string of the molecule is CC(CNC(C)c1ccc(N2CCC(O)CC2)cc1)CN1CCCC1. The lowest BCUT2D eigenvalue weighted by atomic mass is 10.0. The lowest BCUT2D eigenvalue weighted by Crippen LogP contribution is -2.35. The van der Waals surface area contributed by atoms with Gasteiger partial charge in [-0.15, -0.1) is 0 Å². The summed E-state index contributed by atoms with van der Waals surface area (Å²) in [6, 6.07) is 9.36. The third-order valence-corrected chi connectivity index (χ3v) is 5.76. The summed E-state index contributed by atoms with van der Waals surface area (Å²) in [5.41, 5.74) is 2.64. The Bertz CT molecular complexity index is 504. The molecule has 25 heavy (non-hydrogen) atoms. The molecule has 0 saturated carbocycles. The highest BCUT2D eigenvalue weighted by molar-refractivity contribution is 5.48. The summed E-state index contributed by atoms with van der Waals surface area (Å²) in [6.45, 7) is 11.4. The predicted molar refractivity (Wildman–Crippen MR) is 105 cm³/mol. The molecule has 140 valence electrons. The standard InChI is InChI=1S/C21H35N3O/c1-17(16-23-11-3-4-12-23)15-22-18(2)19-5-7-20(8-6-19)24-13-9-21(25)10-14-24/h5-8,17-18,21-22,25H,3-4,9-16H2,1-2H3. The molecule has 3 rings (SSSR count). The van der Waals surface area contributed by atoms with Crippen molar-refractivity contribution in [3.63, 3.8) is 0 Å². The Labute approximate surface area is 153 Å². The Hall–Kier alpha value is -1.10. The summed E-state index contributed by atoms with van der Waals surface area (Å²) in [7, 11) is 0. The van der Waals surface area contributed by atoms with Crippen LogP contribution < -0.4 is 10.2 Å². The molecule has 0 amide bonds. The molecule has 2 fully saturated rings. The van der Waals surface area contributed by atoms with E-state index in [1.54, 1.807) is 0 Å². The second-order valence-corrected chi connectivity index (χ2v) is 8.05. The van der Waals surface area contributed by atoms with Crippen LogP contribution in [0.1, 0.15) is 51.1 Å². The van der Waals surface area contributed by atoms with E-state index >= 15 is 0 Å². The fourth-order valence-corrected chi connectivity index (χ4v) is 4.06. The summed E-state index contributed by atoms with van der Waals surface area (Å²) in [6.07, 6.45) is 4.41. The van der Waals surface area contributed by atoms with Crippen molar-refractivity contribution in [3.05, 3.63) is 29.8 Å². The van der Waals surface area contributed by atoms with Gasteiger partial charge in [-0.25, -0.2) is 0 Å². The van der Waals surface area contributed by atoms with Gasteiger partial charge in [-0.2, -0.15) is 0 Å². The van der Waals surface area contributed by atoms with Gasteiger partial charge >= 0.3 is 0 Å². The summed E-state index contributed by atoms with van der Waals surface area (Å²) >= 11 is 0. The number of likely N-dealkylation sites (tertiary alicyclic amines) is 1. The van der Waals surface area contributed by atoms with Gasteiger partial charge in [0.2, 0.25) is 0 Å². The molecule has 2 N–H and O–H groups in total. The van der Waals surface area contributed by atoms with Crippen LogP contribution in [-0.2, 0) is 0 Å². The first kappa shape index (κ1) is 18.7. The molecular formula is C21H35N3O. The topological polar surface area (TPSA) is 38.7 Å². The number of benzene rings is 1. The molecule has 0 bridgehead atoms. The van der Waals surface area contributed by atoms with Crippen LogP contribution in [0.5, 0.6) is 0 Å². The van der Waals surface area contributed by atoms with Gasteiger partial charge in [0.15, 0.2) is 0 Å². The minimum absolute atomic E-state index is 0.109. The van der Waals surface area contributed by atoms with E-state index in [1.807, 2.05) is 0 Å². The predicted octanol–water partition coefficient (Wildman–Crippen LogP) is 3.03. The molecule has 2 aliphatic heterocycles. The minimum Gasteiger partial charge on any atom is -0.393 e. The van der Waals surface area contributed by atoms with Crippen LogP contribution in [0, 0.1) is 5.92 Å². The molecule has 0 radical (unpaired) electrons. The Morgan fingerprint density at radius 3 is 2.32 bits per heavy atom. The molecule has 4 heteroatoms. The summed E-state index contributed by atoms with van der Waals surface area (Å²) in [5.74, 6) is 0.694. The van der Waals surface area contributed by atoms with E-state index in [9.17, 15) is 5.11 Å². The third kappa shape index (κ3) is 5.44. The Morgan fingerprint density at radius 2 is 1.68 bits per heavy atom. The number of piperidine rings is 1. The fourth-order valence-electron chi connectivity index (χ4n) is 4.06. The van der Waals surface area contributed by atoms with Crippen molar-refractivity contribution in [1.82, 2.24) is 10.2 Å². The van der Waals surface area contributed by atoms with Crippen LogP contribution in [0.3, 0.4) is 0 Å². The zero-order valence-corrected chi connectivity index (χ0v) is 16.0.